The normalized spacial score (nSPS) is 14.0. The Morgan fingerprint density at radius 2 is 1.87 bits per heavy atom. The van der Waals surface area contributed by atoms with Gasteiger partial charge in [0, 0.05) is 48.0 Å². The summed E-state index contributed by atoms with van der Waals surface area (Å²) in [6, 6.07) is 15.9. The molecule has 2 aromatic heterocycles. The molecule has 1 aliphatic heterocycles. The second kappa shape index (κ2) is 8.20. The summed E-state index contributed by atoms with van der Waals surface area (Å²) in [5.41, 5.74) is 5.39. The van der Waals surface area contributed by atoms with Crippen LogP contribution >= 0.6 is 0 Å². The Hall–Kier alpha value is -3.71. The molecule has 0 unspecified atom stereocenters. The SMILES string of the molecule is CC(=O)c1cccc(-c2cnc3c(Nc4ccc(N5CCOCC5)cc4)nccn23)c1. The predicted octanol–water partition coefficient (Wildman–Crippen LogP) is 4.18. The van der Waals surface area contributed by atoms with E-state index in [0.29, 0.717) is 11.4 Å². The summed E-state index contributed by atoms with van der Waals surface area (Å²) in [4.78, 5) is 23.2. The van der Waals surface area contributed by atoms with Crippen LogP contribution in [-0.2, 0) is 4.74 Å². The fourth-order valence-corrected chi connectivity index (χ4v) is 3.83. The number of fused-ring (bicyclic) bond motifs is 1. The first-order valence-electron chi connectivity index (χ1n) is 10.3. The summed E-state index contributed by atoms with van der Waals surface area (Å²) in [5.74, 6) is 0.718. The maximum absolute atomic E-state index is 11.8. The zero-order valence-corrected chi connectivity index (χ0v) is 17.3. The highest BCUT2D eigenvalue weighted by molar-refractivity contribution is 5.95. The number of ketones is 1. The number of anilines is 3. The third-order valence-electron chi connectivity index (χ3n) is 5.50. The number of carbonyl (C=O) groups is 1. The number of rotatable bonds is 5. The lowest BCUT2D eigenvalue weighted by Crippen LogP contribution is -2.36. The molecule has 1 aliphatic rings. The summed E-state index contributed by atoms with van der Waals surface area (Å²) < 4.78 is 7.41. The quantitative estimate of drug-likeness (QED) is 0.495. The Bertz CT molecular complexity index is 1230. The molecule has 7 nitrogen and oxygen atoms in total. The van der Waals surface area contributed by atoms with Crippen LogP contribution in [0.25, 0.3) is 16.9 Å². The highest BCUT2D eigenvalue weighted by atomic mass is 16.5. The van der Waals surface area contributed by atoms with Crippen molar-refractivity contribution < 1.29 is 9.53 Å². The number of ether oxygens (including phenoxy) is 1. The highest BCUT2D eigenvalue weighted by Gasteiger charge is 2.13. The second-order valence-corrected chi connectivity index (χ2v) is 7.52. The van der Waals surface area contributed by atoms with Gasteiger partial charge in [-0.1, -0.05) is 18.2 Å². The summed E-state index contributed by atoms with van der Waals surface area (Å²) >= 11 is 0. The van der Waals surface area contributed by atoms with Crippen LogP contribution in [0.1, 0.15) is 17.3 Å². The molecule has 2 aromatic carbocycles. The number of nitrogens with one attached hydrogen (secondary N) is 1. The number of imidazole rings is 1. The van der Waals surface area contributed by atoms with E-state index < -0.39 is 0 Å². The van der Waals surface area contributed by atoms with Crippen molar-refractivity contribution in [1.82, 2.24) is 14.4 Å². The Balaban J connectivity index is 1.42. The van der Waals surface area contributed by atoms with Crippen LogP contribution < -0.4 is 10.2 Å². The molecule has 4 aromatic rings. The Morgan fingerprint density at radius 3 is 2.65 bits per heavy atom. The van der Waals surface area contributed by atoms with Crippen molar-refractivity contribution in [3.63, 3.8) is 0 Å². The third kappa shape index (κ3) is 3.87. The van der Waals surface area contributed by atoms with Gasteiger partial charge in [-0.05, 0) is 37.3 Å². The van der Waals surface area contributed by atoms with Gasteiger partial charge in [-0.3, -0.25) is 9.20 Å². The first-order chi connectivity index (χ1) is 15.2. The monoisotopic (exact) mass is 413 g/mol. The van der Waals surface area contributed by atoms with Gasteiger partial charge in [-0.2, -0.15) is 0 Å². The van der Waals surface area contributed by atoms with E-state index in [1.807, 2.05) is 41.1 Å². The summed E-state index contributed by atoms with van der Waals surface area (Å²) in [6.07, 6.45) is 5.44. The molecular formula is C24H23N5O2. The molecule has 1 N–H and O–H groups in total. The number of carbonyl (C=O) groups excluding carboxylic acids is 1. The predicted molar refractivity (Wildman–Crippen MR) is 121 cm³/mol. The number of Topliss-reactive ketones (excluding diaryl/α,β-unsaturated/α-hetero) is 1. The maximum Gasteiger partial charge on any atom is 0.180 e. The molecule has 0 atom stereocenters. The Labute approximate surface area is 180 Å². The van der Waals surface area contributed by atoms with E-state index >= 15 is 0 Å². The van der Waals surface area contributed by atoms with E-state index in [1.165, 1.54) is 5.69 Å². The Kier molecular flexibility index (Phi) is 5.09. The topological polar surface area (TPSA) is 71.8 Å². The molecular weight excluding hydrogens is 390 g/mol. The van der Waals surface area contributed by atoms with Crippen molar-refractivity contribution in [1.29, 1.82) is 0 Å². The first-order valence-corrected chi connectivity index (χ1v) is 10.3. The molecule has 0 bridgehead atoms. The highest BCUT2D eigenvalue weighted by Crippen LogP contribution is 2.27. The second-order valence-electron chi connectivity index (χ2n) is 7.52. The smallest absolute Gasteiger partial charge is 0.180 e. The molecule has 1 fully saturated rings. The van der Waals surface area contributed by atoms with Gasteiger partial charge in [0.15, 0.2) is 17.2 Å². The third-order valence-corrected chi connectivity index (χ3v) is 5.50. The van der Waals surface area contributed by atoms with E-state index in [-0.39, 0.29) is 5.78 Å². The van der Waals surface area contributed by atoms with E-state index in [0.717, 1.165) is 48.9 Å². The largest absolute Gasteiger partial charge is 0.378 e. The van der Waals surface area contributed by atoms with Crippen molar-refractivity contribution >= 4 is 28.6 Å². The van der Waals surface area contributed by atoms with E-state index in [4.69, 9.17) is 4.74 Å². The van der Waals surface area contributed by atoms with Crippen molar-refractivity contribution in [2.24, 2.45) is 0 Å². The van der Waals surface area contributed by atoms with E-state index in [9.17, 15) is 4.79 Å². The number of morpholine rings is 1. The molecule has 5 rings (SSSR count). The number of hydrogen-bond acceptors (Lipinski definition) is 6. The van der Waals surface area contributed by atoms with Gasteiger partial charge in [-0.25, -0.2) is 9.97 Å². The molecule has 0 amide bonds. The van der Waals surface area contributed by atoms with Crippen molar-refractivity contribution in [2.45, 2.75) is 6.92 Å². The fraction of sp³-hybridized carbons (Fsp3) is 0.208. The number of hydrogen-bond donors (Lipinski definition) is 1. The minimum Gasteiger partial charge on any atom is -0.378 e. The van der Waals surface area contributed by atoms with Crippen molar-refractivity contribution in [2.75, 3.05) is 36.5 Å². The summed E-state index contributed by atoms with van der Waals surface area (Å²) in [6.45, 7) is 4.93. The molecule has 3 heterocycles. The molecule has 1 saturated heterocycles. The van der Waals surface area contributed by atoms with Crippen LogP contribution in [0.5, 0.6) is 0 Å². The standard InChI is InChI=1S/C24H23N5O2/c1-17(30)18-3-2-4-19(15-18)22-16-26-24-23(25-9-10-29(22)24)27-20-5-7-21(8-6-20)28-11-13-31-14-12-28/h2-10,15-16H,11-14H2,1H3,(H,25,27). The summed E-state index contributed by atoms with van der Waals surface area (Å²) in [7, 11) is 0. The lowest BCUT2D eigenvalue weighted by molar-refractivity contribution is 0.101. The van der Waals surface area contributed by atoms with Crippen LogP contribution in [0, 0.1) is 0 Å². The molecule has 156 valence electrons. The number of aromatic nitrogens is 3. The average Bonchev–Trinajstić information content (AvgIpc) is 3.25. The van der Waals surface area contributed by atoms with Crippen molar-refractivity contribution in [3.8, 4) is 11.3 Å². The molecule has 31 heavy (non-hydrogen) atoms. The van der Waals surface area contributed by atoms with Gasteiger partial charge in [0.25, 0.3) is 0 Å². The molecule has 0 saturated carbocycles. The fourth-order valence-electron chi connectivity index (χ4n) is 3.83. The van der Waals surface area contributed by atoms with Crippen LogP contribution in [0.3, 0.4) is 0 Å². The lowest BCUT2D eigenvalue weighted by atomic mass is 10.1. The molecule has 0 radical (unpaired) electrons. The van der Waals surface area contributed by atoms with Gasteiger partial charge >= 0.3 is 0 Å². The van der Waals surface area contributed by atoms with Crippen LogP contribution in [0.2, 0.25) is 0 Å². The number of nitrogens with zero attached hydrogens (tertiary/aromatic N) is 4. The zero-order chi connectivity index (χ0) is 21.2. The number of benzene rings is 2. The average molecular weight is 413 g/mol. The van der Waals surface area contributed by atoms with Crippen molar-refractivity contribution in [3.05, 3.63) is 72.7 Å². The molecule has 0 spiro atoms. The lowest BCUT2D eigenvalue weighted by Gasteiger charge is -2.28. The maximum atomic E-state index is 11.8. The minimum absolute atomic E-state index is 0.0419. The van der Waals surface area contributed by atoms with Gasteiger partial charge in [0.05, 0.1) is 25.1 Å². The van der Waals surface area contributed by atoms with E-state index in [1.54, 1.807) is 13.1 Å². The molecule has 0 aliphatic carbocycles. The van der Waals surface area contributed by atoms with Gasteiger partial charge < -0.3 is 15.0 Å². The van der Waals surface area contributed by atoms with Gasteiger partial charge in [0.1, 0.15) is 0 Å². The van der Waals surface area contributed by atoms with Gasteiger partial charge in [0.2, 0.25) is 0 Å². The first kappa shape index (κ1) is 19.3. The molecule has 7 heteroatoms. The van der Waals surface area contributed by atoms with Crippen LogP contribution in [0.15, 0.2) is 67.1 Å². The van der Waals surface area contributed by atoms with Crippen LogP contribution in [-0.4, -0.2) is 46.5 Å². The zero-order valence-electron chi connectivity index (χ0n) is 17.3. The summed E-state index contributed by atoms with van der Waals surface area (Å²) in [5, 5.41) is 3.38. The minimum atomic E-state index is 0.0419. The van der Waals surface area contributed by atoms with E-state index in [2.05, 4.69) is 44.5 Å². The van der Waals surface area contributed by atoms with Crippen LogP contribution in [0.4, 0.5) is 17.2 Å². The van der Waals surface area contributed by atoms with Gasteiger partial charge in [-0.15, -0.1) is 0 Å². The Morgan fingerprint density at radius 1 is 1.06 bits per heavy atom.